The van der Waals surface area contributed by atoms with Crippen molar-refractivity contribution in [3.05, 3.63) is 41.6 Å². The predicted octanol–water partition coefficient (Wildman–Crippen LogP) is 2.67. The molecule has 0 saturated heterocycles. The van der Waals surface area contributed by atoms with Crippen molar-refractivity contribution < 1.29 is 4.79 Å². The molecule has 0 aliphatic carbocycles. The van der Waals surface area contributed by atoms with Gasteiger partial charge in [-0.3, -0.25) is 9.78 Å². The van der Waals surface area contributed by atoms with Crippen molar-refractivity contribution in [3.63, 3.8) is 0 Å². The number of hydrogen-bond acceptors (Lipinski definition) is 4. The number of hydrogen-bond donors (Lipinski definition) is 2. The van der Waals surface area contributed by atoms with Gasteiger partial charge in [-0.05, 0) is 38.5 Å². The van der Waals surface area contributed by atoms with Crippen LogP contribution in [-0.4, -0.2) is 20.7 Å². The first kappa shape index (κ1) is 15.0. The Morgan fingerprint density at radius 1 is 1.26 bits per heavy atom. The van der Waals surface area contributed by atoms with Crippen LogP contribution in [0.2, 0.25) is 0 Å². The third-order valence-corrected chi connectivity index (χ3v) is 3.80. The first-order chi connectivity index (χ1) is 10.9. The van der Waals surface area contributed by atoms with Gasteiger partial charge in [0.25, 0.3) is 5.91 Å². The smallest absolute Gasteiger partial charge is 0.254 e. The average Bonchev–Trinajstić information content (AvgIpc) is 2.84. The molecular weight excluding hydrogens is 290 g/mol. The number of aryl methyl sites for hydroxylation is 1. The summed E-state index contributed by atoms with van der Waals surface area (Å²) in [7, 11) is 0. The zero-order chi connectivity index (χ0) is 16.7. The van der Waals surface area contributed by atoms with Crippen molar-refractivity contribution in [2.45, 2.75) is 26.8 Å². The molecule has 0 spiro atoms. The van der Waals surface area contributed by atoms with E-state index in [2.05, 4.69) is 10.1 Å². The highest BCUT2D eigenvalue weighted by Gasteiger charge is 2.22. The number of nitrogens with zero attached hydrogens (tertiary/aromatic N) is 3. The van der Waals surface area contributed by atoms with Crippen molar-refractivity contribution in [1.29, 1.82) is 0 Å². The summed E-state index contributed by atoms with van der Waals surface area (Å²) in [6.45, 7) is 5.91. The van der Waals surface area contributed by atoms with E-state index >= 15 is 0 Å². The van der Waals surface area contributed by atoms with Gasteiger partial charge < -0.3 is 11.5 Å². The lowest BCUT2D eigenvalue weighted by Crippen LogP contribution is -2.15. The van der Waals surface area contributed by atoms with E-state index in [4.69, 9.17) is 11.5 Å². The van der Waals surface area contributed by atoms with Crippen LogP contribution in [0.15, 0.2) is 30.5 Å². The van der Waals surface area contributed by atoms with Gasteiger partial charge in [-0.25, -0.2) is 4.68 Å². The number of nitrogen functional groups attached to an aromatic ring is 1. The number of pyridine rings is 1. The zero-order valence-electron chi connectivity index (χ0n) is 13.4. The molecule has 3 rings (SSSR count). The van der Waals surface area contributed by atoms with Gasteiger partial charge >= 0.3 is 0 Å². The lowest BCUT2D eigenvalue weighted by atomic mass is 10.1. The first-order valence-corrected chi connectivity index (χ1v) is 7.43. The molecule has 3 aromatic rings. The molecule has 118 valence electrons. The second-order valence-corrected chi connectivity index (χ2v) is 5.93. The summed E-state index contributed by atoms with van der Waals surface area (Å²) in [6, 6.07) is 7.99. The quantitative estimate of drug-likeness (QED) is 0.776. The van der Waals surface area contributed by atoms with Gasteiger partial charge in [0, 0.05) is 23.2 Å². The number of primary amides is 1. The third-order valence-electron chi connectivity index (χ3n) is 3.80. The second kappa shape index (κ2) is 5.39. The molecule has 1 aromatic carbocycles. The number of anilines is 1. The third kappa shape index (κ3) is 2.52. The number of amides is 1. The molecule has 0 fully saturated rings. The van der Waals surface area contributed by atoms with Gasteiger partial charge in [-0.1, -0.05) is 12.1 Å². The van der Waals surface area contributed by atoms with Crippen LogP contribution in [0.4, 0.5) is 5.82 Å². The molecule has 0 aliphatic heterocycles. The fraction of sp³-hybridized carbons (Fsp3) is 0.235. The molecule has 2 heterocycles. The van der Waals surface area contributed by atoms with E-state index in [-0.39, 0.29) is 17.4 Å². The van der Waals surface area contributed by atoms with Crippen molar-refractivity contribution in [3.8, 4) is 11.3 Å². The second-order valence-electron chi connectivity index (χ2n) is 5.93. The van der Waals surface area contributed by atoms with E-state index in [1.54, 1.807) is 10.9 Å². The molecule has 23 heavy (non-hydrogen) atoms. The minimum atomic E-state index is -0.589. The fourth-order valence-corrected chi connectivity index (χ4v) is 2.65. The monoisotopic (exact) mass is 309 g/mol. The molecule has 6 heteroatoms. The number of rotatable bonds is 3. The molecule has 0 bridgehead atoms. The molecule has 0 saturated carbocycles. The zero-order valence-corrected chi connectivity index (χ0v) is 13.4. The predicted molar refractivity (Wildman–Crippen MR) is 91.0 cm³/mol. The Labute approximate surface area is 134 Å². The number of aromatic nitrogens is 3. The van der Waals surface area contributed by atoms with E-state index in [0.29, 0.717) is 5.69 Å². The first-order valence-electron chi connectivity index (χ1n) is 7.43. The van der Waals surface area contributed by atoms with Crippen LogP contribution in [0, 0.1) is 6.92 Å². The Hall–Kier alpha value is -2.89. The van der Waals surface area contributed by atoms with Crippen molar-refractivity contribution in [2.24, 2.45) is 5.73 Å². The van der Waals surface area contributed by atoms with E-state index in [0.717, 1.165) is 22.0 Å². The highest BCUT2D eigenvalue weighted by molar-refractivity contribution is 6.03. The molecule has 4 N–H and O–H groups in total. The molecule has 1 amide bonds. The van der Waals surface area contributed by atoms with E-state index < -0.39 is 5.91 Å². The summed E-state index contributed by atoms with van der Waals surface area (Å²) in [6.07, 6.45) is 1.70. The molecule has 2 aromatic heterocycles. The van der Waals surface area contributed by atoms with Crippen LogP contribution in [-0.2, 0) is 0 Å². The average molecular weight is 309 g/mol. The van der Waals surface area contributed by atoms with Gasteiger partial charge in [0.05, 0.1) is 5.52 Å². The maximum Gasteiger partial charge on any atom is 0.254 e. The van der Waals surface area contributed by atoms with Crippen LogP contribution >= 0.6 is 0 Å². The summed E-state index contributed by atoms with van der Waals surface area (Å²) in [5.74, 6) is -0.306. The standard InChI is InChI=1S/C17H19N5O/c1-9(2)22-16(18)14(17(19)23)15(21-22)12-7-11-5-4-10(3)6-13(11)20-8-12/h4-9H,18H2,1-3H3,(H2,19,23). The van der Waals surface area contributed by atoms with Gasteiger partial charge in [0.1, 0.15) is 17.1 Å². The minimum Gasteiger partial charge on any atom is -0.383 e. The van der Waals surface area contributed by atoms with Crippen LogP contribution in [0.3, 0.4) is 0 Å². The summed E-state index contributed by atoms with van der Waals surface area (Å²) in [5.41, 5.74) is 15.0. The van der Waals surface area contributed by atoms with Crippen LogP contribution in [0.25, 0.3) is 22.2 Å². The summed E-state index contributed by atoms with van der Waals surface area (Å²) < 4.78 is 1.61. The minimum absolute atomic E-state index is 0.0258. The topological polar surface area (TPSA) is 99.8 Å². The van der Waals surface area contributed by atoms with Gasteiger partial charge in [0.15, 0.2) is 0 Å². The Bertz CT molecular complexity index is 911. The summed E-state index contributed by atoms with van der Waals surface area (Å²) in [4.78, 5) is 16.3. The van der Waals surface area contributed by atoms with Gasteiger partial charge in [-0.2, -0.15) is 5.10 Å². The molecule has 0 atom stereocenters. The van der Waals surface area contributed by atoms with Crippen molar-refractivity contribution in [2.75, 3.05) is 5.73 Å². The Morgan fingerprint density at radius 3 is 2.65 bits per heavy atom. The van der Waals surface area contributed by atoms with Crippen molar-refractivity contribution in [1.82, 2.24) is 14.8 Å². The number of carbonyl (C=O) groups excluding carboxylic acids is 1. The van der Waals surface area contributed by atoms with Gasteiger partial charge in [-0.15, -0.1) is 0 Å². The van der Waals surface area contributed by atoms with E-state index in [1.807, 2.05) is 45.0 Å². The molecule has 0 unspecified atom stereocenters. The number of fused-ring (bicyclic) bond motifs is 1. The normalized spacial score (nSPS) is 11.3. The number of nitrogens with two attached hydrogens (primary N) is 2. The van der Waals surface area contributed by atoms with Crippen LogP contribution in [0.1, 0.15) is 35.8 Å². The maximum atomic E-state index is 11.8. The summed E-state index contributed by atoms with van der Waals surface area (Å²) >= 11 is 0. The summed E-state index contributed by atoms with van der Waals surface area (Å²) in [5, 5.41) is 5.45. The van der Waals surface area contributed by atoms with E-state index in [9.17, 15) is 4.79 Å². The lowest BCUT2D eigenvalue weighted by Gasteiger charge is -2.06. The highest BCUT2D eigenvalue weighted by Crippen LogP contribution is 2.30. The molecule has 0 radical (unpaired) electrons. The Kier molecular flexibility index (Phi) is 3.52. The molecule has 6 nitrogen and oxygen atoms in total. The molecular formula is C17H19N5O. The van der Waals surface area contributed by atoms with Crippen LogP contribution in [0.5, 0.6) is 0 Å². The fourth-order valence-electron chi connectivity index (χ4n) is 2.65. The van der Waals surface area contributed by atoms with Gasteiger partial charge in [0.2, 0.25) is 0 Å². The van der Waals surface area contributed by atoms with E-state index in [1.165, 1.54) is 0 Å². The van der Waals surface area contributed by atoms with Crippen molar-refractivity contribution >= 4 is 22.6 Å². The SMILES string of the molecule is Cc1ccc2cc(-c3nn(C(C)C)c(N)c3C(N)=O)cnc2c1. The lowest BCUT2D eigenvalue weighted by molar-refractivity contribution is 0.100. The molecule has 0 aliphatic rings. The number of carbonyl (C=O) groups is 1. The Balaban J connectivity index is 2.23. The Morgan fingerprint density at radius 2 is 2.00 bits per heavy atom. The van der Waals surface area contributed by atoms with Crippen LogP contribution < -0.4 is 11.5 Å². The number of benzene rings is 1. The highest BCUT2D eigenvalue weighted by atomic mass is 16.1. The maximum absolute atomic E-state index is 11.8. The largest absolute Gasteiger partial charge is 0.383 e.